The monoisotopic (exact) mass is 278 g/mol. The zero-order valence-electron chi connectivity index (χ0n) is 11.4. The standard InChI is InChI=1S/C15H22N2OS/c1-17-15(14(16)18)10-5-6-12(15)9-11-19-13-7-3-2-4-8-13/h2-4,7-8,12,17H,5-6,9-11H2,1H3,(H2,16,18). The molecule has 0 bridgehead atoms. The van der Waals surface area contributed by atoms with Crippen molar-refractivity contribution in [1.82, 2.24) is 5.32 Å². The van der Waals surface area contributed by atoms with Crippen molar-refractivity contribution < 1.29 is 4.79 Å². The Labute approximate surface area is 119 Å². The Hall–Kier alpha value is -1.00. The Morgan fingerprint density at radius 1 is 1.47 bits per heavy atom. The summed E-state index contributed by atoms with van der Waals surface area (Å²) in [4.78, 5) is 13.0. The van der Waals surface area contributed by atoms with E-state index in [-0.39, 0.29) is 5.91 Å². The number of nitrogens with one attached hydrogen (secondary N) is 1. The molecule has 19 heavy (non-hydrogen) atoms. The van der Waals surface area contributed by atoms with Crippen molar-refractivity contribution in [2.24, 2.45) is 11.7 Å². The number of primary amides is 1. The largest absolute Gasteiger partial charge is 0.368 e. The Balaban J connectivity index is 1.90. The number of thioether (sulfide) groups is 1. The van der Waals surface area contributed by atoms with Gasteiger partial charge in [-0.25, -0.2) is 0 Å². The van der Waals surface area contributed by atoms with Gasteiger partial charge in [0, 0.05) is 4.90 Å². The summed E-state index contributed by atoms with van der Waals surface area (Å²) in [5.74, 6) is 1.21. The van der Waals surface area contributed by atoms with Crippen LogP contribution in [0.4, 0.5) is 0 Å². The highest BCUT2D eigenvalue weighted by Crippen LogP contribution is 2.38. The summed E-state index contributed by atoms with van der Waals surface area (Å²) in [6, 6.07) is 10.4. The van der Waals surface area contributed by atoms with Crippen LogP contribution < -0.4 is 11.1 Å². The molecule has 0 aliphatic heterocycles. The third-order valence-electron chi connectivity index (χ3n) is 4.18. The van der Waals surface area contributed by atoms with Gasteiger partial charge >= 0.3 is 0 Å². The van der Waals surface area contributed by atoms with Gasteiger partial charge in [-0.3, -0.25) is 4.79 Å². The minimum atomic E-state index is -0.475. The average Bonchev–Trinajstić information content (AvgIpc) is 2.84. The van der Waals surface area contributed by atoms with E-state index in [4.69, 9.17) is 5.73 Å². The molecule has 1 fully saturated rings. The summed E-state index contributed by atoms with van der Waals surface area (Å²) in [5, 5.41) is 3.19. The minimum absolute atomic E-state index is 0.192. The van der Waals surface area contributed by atoms with Gasteiger partial charge in [-0.1, -0.05) is 24.6 Å². The average molecular weight is 278 g/mol. The van der Waals surface area contributed by atoms with Crippen molar-refractivity contribution in [1.29, 1.82) is 0 Å². The normalized spacial score (nSPS) is 26.5. The fourth-order valence-corrected chi connectivity index (χ4v) is 4.07. The number of carbonyl (C=O) groups is 1. The molecule has 0 heterocycles. The molecule has 1 aromatic rings. The third-order valence-corrected chi connectivity index (χ3v) is 5.23. The third kappa shape index (κ3) is 3.12. The highest BCUT2D eigenvalue weighted by Gasteiger charge is 2.45. The molecule has 2 unspecified atom stereocenters. The SMILES string of the molecule is CNC1(C(N)=O)CCCC1CCSc1ccccc1. The van der Waals surface area contributed by atoms with E-state index in [9.17, 15) is 4.79 Å². The fourth-order valence-electron chi connectivity index (χ4n) is 3.08. The molecule has 0 saturated heterocycles. The molecule has 0 spiro atoms. The first kappa shape index (κ1) is 14.4. The van der Waals surface area contributed by atoms with E-state index in [2.05, 4.69) is 29.6 Å². The quantitative estimate of drug-likeness (QED) is 0.786. The maximum atomic E-state index is 11.8. The van der Waals surface area contributed by atoms with E-state index < -0.39 is 5.54 Å². The van der Waals surface area contributed by atoms with E-state index >= 15 is 0 Å². The number of carbonyl (C=O) groups excluding carboxylic acids is 1. The number of hydrogen-bond donors (Lipinski definition) is 2. The number of rotatable bonds is 6. The van der Waals surface area contributed by atoms with Crippen LogP contribution in [0, 0.1) is 5.92 Å². The minimum Gasteiger partial charge on any atom is -0.368 e. The number of amides is 1. The van der Waals surface area contributed by atoms with Crippen molar-refractivity contribution in [3.05, 3.63) is 30.3 Å². The molecule has 4 heteroatoms. The molecule has 2 atom stereocenters. The van der Waals surface area contributed by atoms with Crippen LogP contribution >= 0.6 is 11.8 Å². The van der Waals surface area contributed by atoms with Gasteiger partial charge in [-0.05, 0) is 50.1 Å². The lowest BCUT2D eigenvalue weighted by Gasteiger charge is -2.32. The zero-order valence-corrected chi connectivity index (χ0v) is 12.2. The molecule has 104 valence electrons. The summed E-state index contributed by atoms with van der Waals surface area (Å²) >= 11 is 1.85. The van der Waals surface area contributed by atoms with Gasteiger partial charge in [0.05, 0.1) is 0 Å². The first-order valence-electron chi connectivity index (χ1n) is 6.86. The Kier molecular flexibility index (Phi) is 4.88. The molecule has 1 aliphatic carbocycles. The van der Waals surface area contributed by atoms with Crippen molar-refractivity contribution in [3.63, 3.8) is 0 Å². The number of nitrogens with two attached hydrogens (primary N) is 1. The molecule has 2 rings (SSSR count). The Morgan fingerprint density at radius 3 is 2.84 bits per heavy atom. The van der Waals surface area contributed by atoms with Crippen LogP contribution in [0.1, 0.15) is 25.7 Å². The van der Waals surface area contributed by atoms with Crippen LogP contribution in [-0.2, 0) is 4.79 Å². The molecule has 1 saturated carbocycles. The number of hydrogen-bond acceptors (Lipinski definition) is 3. The molecular weight excluding hydrogens is 256 g/mol. The predicted molar refractivity (Wildman–Crippen MR) is 80.1 cm³/mol. The Bertz CT molecular complexity index is 423. The maximum Gasteiger partial charge on any atom is 0.238 e. The highest BCUT2D eigenvalue weighted by molar-refractivity contribution is 7.99. The second kappa shape index (κ2) is 6.44. The van der Waals surface area contributed by atoms with E-state index in [1.54, 1.807) is 0 Å². The van der Waals surface area contributed by atoms with E-state index in [1.165, 1.54) is 4.90 Å². The van der Waals surface area contributed by atoms with Crippen molar-refractivity contribution in [2.45, 2.75) is 36.1 Å². The van der Waals surface area contributed by atoms with Gasteiger partial charge in [0.1, 0.15) is 5.54 Å². The van der Waals surface area contributed by atoms with Crippen LogP contribution in [0.25, 0.3) is 0 Å². The van der Waals surface area contributed by atoms with Crippen molar-refractivity contribution in [3.8, 4) is 0 Å². The van der Waals surface area contributed by atoms with Crippen LogP contribution in [-0.4, -0.2) is 24.2 Å². The molecular formula is C15H22N2OS. The summed E-state index contributed by atoms with van der Waals surface area (Å²) in [5.41, 5.74) is 5.13. The summed E-state index contributed by atoms with van der Waals surface area (Å²) in [6.45, 7) is 0. The second-order valence-corrected chi connectivity index (χ2v) is 6.29. The van der Waals surface area contributed by atoms with Crippen LogP contribution in [0.15, 0.2) is 35.2 Å². The molecule has 1 amide bonds. The second-order valence-electron chi connectivity index (χ2n) is 5.12. The molecule has 3 nitrogen and oxygen atoms in total. The summed E-state index contributed by atoms with van der Waals surface area (Å²) in [7, 11) is 1.85. The maximum absolute atomic E-state index is 11.8. The smallest absolute Gasteiger partial charge is 0.238 e. The van der Waals surface area contributed by atoms with Gasteiger partial charge < -0.3 is 11.1 Å². The molecule has 1 aliphatic rings. The van der Waals surface area contributed by atoms with Gasteiger partial charge in [-0.15, -0.1) is 11.8 Å². The highest BCUT2D eigenvalue weighted by atomic mass is 32.2. The fraction of sp³-hybridized carbons (Fsp3) is 0.533. The molecule has 3 N–H and O–H groups in total. The summed E-state index contributed by atoms with van der Waals surface area (Å²) < 4.78 is 0. The van der Waals surface area contributed by atoms with Gasteiger partial charge in [0.2, 0.25) is 5.91 Å². The molecule has 0 radical (unpaired) electrons. The van der Waals surface area contributed by atoms with Crippen LogP contribution in [0.5, 0.6) is 0 Å². The zero-order chi connectivity index (χ0) is 13.7. The van der Waals surface area contributed by atoms with Crippen LogP contribution in [0.2, 0.25) is 0 Å². The van der Waals surface area contributed by atoms with Crippen molar-refractivity contribution in [2.75, 3.05) is 12.8 Å². The topological polar surface area (TPSA) is 55.1 Å². The molecule has 0 aromatic heterocycles. The van der Waals surface area contributed by atoms with E-state index in [1.807, 2.05) is 24.9 Å². The first-order valence-corrected chi connectivity index (χ1v) is 7.84. The molecule has 1 aromatic carbocycles. The lowest BCUT2D eigenvalue weighted by atomic mass is 9.84. The lowest BCUT2D eigenvalue weighted by Crippen LogP contribution is -2.56. The Morgan fingerprint density at radius 2 is 2.21 bits per heavy atom. The van der Waals surface area contributed by atoms with Crippen molar-refractivity contribution >= 4 is 17.7 Å². The van der Waals surface area contributed by atoms with Gasteiger partial charge in [-0.2, -0.15) is 0 Å². The predicted octanol–water partition coefficient (Wildman–Crippen LogP) is 2.41. The van der Waals surface area contributed by atoms with E-state index in [0.717, 1.165) is 31.4 Å². The van der Waals surface area contributed by atoms with E-state index in [0.29, 0.717) is 5.92 Å². The first-order chi connectivity index (χ1) is 9.19. The number of benzene rings is 1. The number of likely N-dealkylation sites (N-methyl/N-ethyl adjacent to an activating group) is 1. The van der Waals surface area contributed by atoms with Gasteiger partial charge in [0.15, 0.2) is 0 Å². The van der Waals surface area contributed by atoms with Crippen LogP contribution in [0.3, 0.4) is 0 Å². The lowest BCUT2D eigenvalue weighted by molar-refractivity contribution is -0.125. The van der Waals surface area contributed by atoms with Gasteiger partial charge in [0.25, 0.3) is 0 Å². The summed E-state index contributed by atoms with van der Waals surface area (Å²) in [6.07, 6.45) is 4.09.